The molecule has 0 fully saturated rings. The zero-order valence-corrected chi connectivity index (χ0v) is 12.2. The molecule has 0 aliphatic rings. The number of nitrogens with zero attached hydrogens (tertiary/aromatic N) is 2. The van der Waals surface area contributed by atoms with Crippen molar-refractivity contribution >= 4 is 11.9 Å². The van der Waals surface area contributed by atoms with Crippen molar-refractivity contribution < 1.29 is 4.74 Å². The fraction of sp³-hybridized carbons (Fsp3) is 0.235. The third-order valence-electron chi connectivity index (χ3n) is 3.08. The van der Waals surface area contributed by atoms with Gasteiger partial charge >= 0.3 is 0 Å². The number of methoxy groups -OCH3 is 1. The first-order chi connectivity index (χ1) is 9.69. The van der Waals surface area contributed by atoms with Crippen LogP contribution in [0.4, 0.5) is 5.69 Å². The Labute approximate surface area is 120 Å². The summed E-state index contributed by atoms with van der Waals surface area (Å²) in [4.78, 5) is 6.54. The summed E-state index contributed by atoms with van der Waals surface area (Å²) in [6.45, 7) is 0.680. The van der Waals surface area contributed by atoms with E-state index in [9.17, 15) is 0 Å². The first-order valence-electron chi connectivity index (χ1n) is 6.59. The maximum Gasteiger partial charge on any atom is 0.118 e. The molecule has 0 amide bonds. The van der Waals surface area contributed by atoms with E-state index in [1.807, 2.05) is 44.6 Å². The summed E-state index contributed by atoms with van der Waals surface area (Å²) in [6.07, 6.45) is 1.91. The first kappa shape index (κ1) is 14.1. The Morgan fingerprint density at radius 2 is 1.65 bits per heavy atom. The van der Waals surface area contributed by atoms with Crippen LogP contribution in [0.3, 0.4) is 0 Å². The highest BCUT2D eigenvalue weighted by Gasteiger charge is 1.95. The van der Waals surface area contributed by atoms with Gasteiger partial charge in [0.25, 0.3) is 0 Å². The fourth-order valence-corrected chi connectivity index (χ4v) is 1.85. The standard InChI is InChI=1S/C17H20N2O/c1-19(2)16-8-4-14(5-9-16)12-18-13-15-6-10-17(20-3)11-7-15/h4-12H,13H2,1-3H3/b18-12+. The molecule has 0 heterocycles. The van der Waals surface area contributed by atoms with Crippen LogP contribution in [0.25, 0.3) is 0 Å². The third kappa shape index (κ3) is 3.85. The molecule has 0 unspecified atom stereocenters. The van der Waals surface area contributed by atoms with E-state index in [1.165, 1.54) is 11.3 Å². The summed E-state index contributed by atoms with van der Waals surface area (Å²) < 4.78 is 5.13. The second-order valence-corrected chi connectivity index (χ2v) is 4.80. The molecule has 2 aromatic carbocycles. The van der Waals surface area contributed by atoms with Crippen molar-refractivity contribution in [2.24, 2.45) is 4.99 Å². The van der Waals surface area contributed by atoms with Gasteiger partial charge in [0, 0.05) is 26.0 Å². The Bertz CT molecular complexity index is 557. The summed E-state index contributed by atoms with van der Waals surface area (Å²) in [5, 5.41) is 0. The van der Waals surface area contributed by atoms with Gasteiger partial charge in [0.15, 0.2) is 0 Å². The van der Waals surface area contributed by atoms with E-state index >= 15 is 0 Å². The number of aliphatic imine (C=N–C) groups is 1. The van der Waals surface area contributed by atoms with E-state index in [1.54, 1.807) is 7.11 Å². The minimum atomic E-state index is 0.680. The predicted octanol–water partition coefficient (Wildman–Crippen LogP) is 3.38. The molecule has 0 aromatic heterocycles. The monoisotopic (exact) mass is 268 g/mol. The summed E-state index contributed by atoms with van der Waals surface area (Å²) in [7, 11) is 5.74. The zero-order chi connectivity index (χ0) is 14.4. The van der Waals surface area contributed by atoms with Gasteiger partial charge in [-0.3, -0.25) is 4.99 Å². The van der Waals surface area contributed by atoms with Crippen LogP contribution < -0.4 is 9.64 Å². The molecule has 20 heavy (non-hydrogen) atoms. The second kappa shape index (κ2) is 6.75. The normalized spacial score (nSPS) is 10.8. The molecule has 0 radical (unpaired) electrons. The maximum atomic E-state index is 5.13. The van der Waals surface area contributed by atoms with E-state index in [4.69, 9.17) is 4.74 Å². The van der Waals surface area contributed by atoms with Crippen molar-refractivity contribution in [2.75, 3.05) is 26.1 Å². The molecular weight excluding hydrogens is 248 g/mol. The molecule has 0 aliphatic carbocycles. The number of rotatable bonds is 5. The van der Waals surface area contributed by atoms with E-state index in [0.717, 1.165) is 11.3 Å². The molecule has 0 atom stereocenters. The molecule has 3 nitrogen and oxygen atoms in total. The van der Waals surface area contributed by atoms with Crippen LogP contribution in [0.5, 0.6) is 5.75 Å². The molecule has 0 aliphatic heterocycles. The third-order valence-corrected chi connectivity index (χ3v) is 3.08. The van der Waals surface area contributed by atoms with Crippen molar-refractivity contribution in [3.05, 3.63) is 59.7 Å². The van der Waals surface area contributed by atoms with E-state index in [2.05, 4.69) is 34.2 Å². The van der Waals surface area contributed by atoms with Gasteiger partial charge in [0.1, 0.15) is 5.75 Å². The maximum absolute atomic E-state index is 5.13. The summed E-state index contributed by atoms with van der Waals surface area (Å²) >= 11 is 0. The Kier molecular flexibility index (Phi) is 4.77. The lowest BCUT2D eigenvalue weighted by molar-refractivity contribution is 0.414. The van der Waals surface area contributed by atoms with Crippen molar-refractivity contribution in [1.29, 1.82) is 0 Å². The summed E-state index contributed by atoms with van der Waals surface area (Å²) in [5.74, 6) is 0.872. The number of anilines is 1. The lowest BCUT2D eigenvalue weighted by atomic mass is 10.2. The Hall–Kier alpha value is -2.29. The van der Waals surface area contributed by atoms with Crippen LogP contribution in [0.1, 0.15) is 11.1 Å². The molecule has 2 aromatic rings. The highest BCUT2D eigenvalue weighted by atomic mass is 16.5. The summed E-state index contributed by atoms with van der Waals surface area (Å²) in [6, 6.07) is 16.3. The highest BCUT2D eigenvalue weighted by Crippen LogP contribution is 2.13. The predicted molar refractivity (Wildman–Crippen MR) is 85.1 cm³/mol. The van der Waals surface area contributed by atoms with Gasteiger partial charge < -0.3 is 9.64 Å². The van der Waals surface area contributed by atoms with Crippen molar-refractivity contribution in [1.82, 2.24) is 0 Å². The smallest absolute Gasteiger partial charge is 0.118 e. The van der Waals surface area contributed by atoms with Gasteiger partial charge in [-0.2, -0.15) is 0 Å². The molecule has 0 N–H and O–H groups in total. The van der Waals surface area contributed by atoms with Gasteiger partial charge in [-0.05, 0) is 35.4 Å². The van der Waals surface area contributed by atoms with Crippen LogP contribution in [0, 0.1) is 0 Å². The Balaban J connectivity index is 1.95. The largest absolute Gasteiger partial charge is 0.497 e. The highest BCUT2D eigenvalue weighted by molar-refractivity contribution is 5.80. The van der Waals surface area contributed by atoms with Gasteiger partial charge in [0.2, 0.25) is 0 Å². The number of ether oxygens (including phenoxy) is 1. The average Bonchev–Trinajstić information content (AvgIpc) is 2.48. The SMILES string of the molecule is COc1ccc(C/N=C/c2ccc(N(C)C)cc2)cc1. The lowest BCUT2D eigenvalue weighted by Crippen LogP contribution is -2.08. The minimum Gasteiger partial charge on any atom is -0.497 e. The molecule has 0 saturated carbocycles. The van der Waals surface area contributed by atoms with E-state index < -0.39 is 0 Å². The molecule has 0 saturated heterocycles. The van der Waals surface area contributed by atoms with Gasteiger partial charge in [-0.25, -0.2) is 0 Å². The van der Waals surface area contributed by atoms with Crippen LogP contribution in [-0.4, -0.2) is 27.4 Å². The average molecular weight is 268 g/mol. The molecule has 2 rings (SSSR count). The molecular formula is C17H20N2O. The van der Waals surface area contributed by atoms with Crippen molar-refractivity contribution in [3.63, 3.8) is 0 Å². The van der Waals surface area contributed by atoms with Gasteiger partial charge in [-0.1, -0.05) is 24.3 Å². The van der Waals surface area contributed by atoms with Crippen LogP contribution in [0.15, 0.2) is 53.5 Å². The first-order valence-corrected chi connectivity index (χ1v) is 6.59. The van der Waals surface area contributed by atoms with Crippen LogP contribution in [-0.2, 0) is 6.54 Å². The molecule has 0 spiro atoms. The topological polar surface area (TPSA) is 24.8 Å². The van der Waals surface area contributed by atoms with E-state index in [0.29, 0.717) is 6.54 Å². The zero-order valence-electron chi connectivity index (χ0n) is 12.2. The number of hydrogen-bond acceptors (Lipinski definition) is 3. The molecule has 104 valence electrons. The van der Waals surface area contributed by atoms with Crippen LogP contribution in [0.2, 0.25) is 0 Å². The molecule has 3 heteroatoms. The van der Waals surface area contributed by atoms with Crippen LogP contribution >= 0.6 is 0 Å². The van der Waals surface area contributed by atoms with Crippen molar-refractivity contribution in [2.45, 2.75) is 6.54 Å². The van der Waals surface area contributed by atoms with E-state index in [-0.39, 0.29) is 0 Å². The minimum absolute atomic E-state index is 0.680. The number of benzene rings is 2. The quantitative estimate of drug-likeness (QED) is 0.777. The molecule has 0 bridgehead atoms. The van der Waals surface area contributed by atoms with Crippen molar-refractivity contribution in [3.8, 4) is 5.75 Å². The number of hydrogen-bond donors (Lipinski definition) is 0. The summed E-state index contributed by atoms with van der Waals surface area (Å²) in [5.41, 5.74) is 3.48. The lowest BCUT2D eigenvalue weighted by Gasteiger charge is -2.11. The fourth-order valence-electron chi connectivity index (χ4n) is 1.85. The second-order valence-electron chi connectivity index (χ2n) is 4.80. The van der Waals surface area contributed by atoms with Gasteiger partial charge in [0.05, 0.1) is 13.7 Å². The Morgan fingerprint density at radius 1 is 1.00 bits per heavy atom. The Morgan fingerprint density at radius 3 is 2.20 bits per heavy atom. The van der Waals surface area contributed by atoms with Gasteiger partial charge in [-0.15, -0.1) is 0 Å².